The van der Waals surface area contributed by atoms with Crippen molar-refractivity contribution in [2.24, 2.45) is 0 Å². The van der Waals surface area contributed by atoms with Crippen LogP contribution >= 0.6 is 0 Å². The number of hydrogen-bond acceptors (Lipinski definition) is 3. The van der Waals surface area contributed by atoms with Crippen molar-refractivity contribution in [2.75, 3.05) is 0 Å². The van der Waals surface area contributed by atoms with Crippen LogP contribution in [-0.2, 0) is 25.7 Å². The van der Waals surface area contributed by atoms with Crippen LogP contribution in [0.5, 0.6) is 0 Å². The molecule has 1 aromatic carbocycles. The van der Waals surface area contributed by atoms with Crippen molar-refractivity contribution in [3.63, 3.8) is 0 Å². The molecule has 2 fully saturated rings. The molecular weight excluding hydrogens is 192 g/mol. The second-order valence-corrected chi connectivity index (χ2v) is 4.90. The summed E-state index contributed by atoms with van der Waals surface area (Å²) in [6, 6.07) is 8.28. The maximum atomic E-state index is 5.70. The van der Waals surface area contributed by atoms with Gasteiger partial charge in [-0.05, 0) is 25.0 Å². The summed E-state index contributed by atoms with van der Waals surface area (Å²) in [5.74, 6) is 0. The van der Waals surface area contributed by atoms with Gasteiger partial charge < -0.3 is 4.74 Å². The highest BCUT2D eigenvalue weighted by molar-refractivity contribution is 5.45. The first-order valence-corrected chi connectivity index (χ1v) is 5.28. The molecule has 3 nitrogen and oxygen atoms in total. The largest absolute Gasteiger partial charge is 0.362 e. The highest BCUT2D eigenvalue weighted by atomic mass is 17.2. The molecule has 1 aromatic rings. The topological polar surface area (TPSA) is 31.0 Å². The molecule has 3 heterocycles. The molecule has 4 atom stereocenters. The summed E-state index contributed by atoms with van der Waals surface area (Å²) < 4.78 is 5.70. The quantitative estimate of drug-likeness (QED) is 0.477. The van der Waals surface area contributed by atoms with Crippen LogP contribution in [0.4, 0.5) is 0 Å². The lowest BCUT2D eigenvalue weighted by atomic mass is 9.72. The van der Waals surface area contributed by atoms with E-state index >= 15 is 0 Å². The van der Waals surface area contributed by atoms with Crippen molar-refractivity contribution in [3.8, 4) is 0 Å². The molecule has 2 saturated heterocycles. The Kier molecular flexibility index (Phi) is 1.17. The van der Waals surface area contributed by atoms with E-state index in [1.54, 1.807) is 0 Å². The van der Waals surface area contributed by atoms with Crippen molar-refractivity contribution in [2.45, 2.75) is 37.3 Å². The molecule has 0 radical (unpaired) electrons. The van der Waals surface area contributed by atoms with Crippen molar-refractivity contribution in [1.82, 2.24) is 0 Å². The van der Waals surface area contributed by atoms with Gasteiger partial charge in [0.2, 0.25) is 0 Å². The molecule has 0 amide bonds. The summed E-state index contributed by atoms with van der Waals surface area (Å²) >= 11 is 0. The van der Waals surface area contributed by atoms with Crippen LogP contribution in [0.3, 0.4) is 0 Å². The minimum atomic E-state index is -0.418. The van der Waals surface area contributed by atoms with Crippen LogP contribution in [0, 0.1) is 0 Å². The fraction of sp³-hybridized carbons (Fsp3) is 0.500. The molecule has 0 spiro atoms. The molecule has 0 unspecified atom stereocenters. The Morgan fingerprint density at radius 2 is 1.40 bits per heavy atom. The minimum absolute atomic E-state index is 0.158. The van der Waals surface area contributed by atoms with Gasteiger partial charge in [-0.15, -0.1) is 0 Å². The van der Waals surface area contributed by atoms with Crippen LogP contribution in [0.1, 0.15) is 25.0 Å². The number of fused-ring (bicyclic) bond motifs is 1. The number of hydrogen-bond donors (Lipinski definition) is 0. The van der Waals surface area contributed by atoms with Gasteiger partial charge in [0.25, 0.3) is 0 Å². The standard InChI is InChI=1S/C12H12O3/c1-11-7-5-3-4-6-8(7)12(2,15-14-11)10-9(11)13-10/h3-6,9-10H,1-2H3/t9-,10-,11-,12-/m0/s1. The Bertz CT molecular complexity index is 417. The van der Waals surface area contributed by atoms with Crippen molar-refractivity contribution >= 4 is 0 Å². The molecule has 0 N–H and O–H groups in total. The Morgan fingerprint density at radius 3 is 1.87 bits per heavy atom. The van der Waals surface area contributed by atoms with E-state index in [1.165, 1.54) is 11.1 Å². The van der Waals surface area contributed by atoms with Crippen molar-refractivity contribution < 1.29 is 14.5 Å². The fourth-order valence-corrected chi connectivity index (χ4v) is 2.96. The second kappa shape index (κ2) is 2.12. The van der Waals surface area contributed by atoms with Crippen LogP contribution in [-0.4, -0.2) is 12.2 Å². The molecule has 78 valence electrons. The maximum Gasteiger partial charge on any atom is 0.155 e. The zero-order chi connectivity index (χ0) is 10.3. The predicted molar refractivity (Wildman–Crippen MR) is 52.0 cm³/mol. The smallest absolute Gasteiger partial charge is 0.155 e. The normalized spacial score (nSPS) is 49.7. The molecule has 1 aliphatic carbocycles. The van der Waals surface area contributed by atoms with E-state index in [0.717, 1.165) is 0 Å². The lowest BCUT2D eigenvalue weighted by molar-refractivity contribution is -0.445. The maximum absolute atomic E-state index is 5.70. The van der Waals surface area contributed by atoms with E-state index in [4.69, 9.17) is 14.5 Å². The first-order valence-electron chi connectivity index (χ1n) is 5.28. The van der Waals surface area contributed by atoms with Crippen LogP contribution in [0.15, 0.2) is 24.3 Å². The van der Waals surface area contributed by atoms with Gasteiger partial charge >= 0.3 is 0 Å². The summed E-state index contributed by atoms with van der Waals surface area (Å²) in [6.45, 7) is 4.07. The van der Waals surface area contributed by atoms with E-state index in [0.29, 0.717) is 0 Å². The van der Waals surface area contributed by atoms with Crippen molar-refractivity contribution in [3.05, 3.63) is 35.4 Å². The number of epoxide rings is 1. The average molecular weight is 204 g/mol. The van der Waals surface area contributed by atoms with Gasteiger partial charge in [0.1, 0.15) is 12.2 Å². The summed E-state index contributed by atoms with van der Waals surface area (Å²) in [4.78, 5) is 11.0. The number of ether oxygens (including phenoxy) is 1. The minimum Gasteiger partial charge on any atom is -0.362 e. The molecule has 4 aliphatic rings. The lowest BCUT2D eigenvalue weighted by Crippen LogP contribution is -2.54. The Hall–Kier alpha value is -0.900. The van der Waals surface area contributed by atoms with Crippen LogP contribution in [0.2, 0.25) is 0 Å². The van der Waals surface area contributed by atoms with E-state index in [-0.39, 0.29) is 12.2 Å². The van der Waals surface area contributed by atoms with E-state index in [2.05, 4.69) is 12.1 Å². The summed E-state index contributed by atoms with van der Waals surface area (Å²) in [7, 11) is 0. The van der Waals surface area contributed by atoms with Crippen LogP contribution in [0.25, 0.3) is 0 Å². The average Bonchev–Trinajstić information content (AvgIpc) is 3.05. The highest BCUT2D eigenvalue weighted by Gasteiger charge is 2.72. The highest BCUT2D eigenvalue weighted by Crippen LogP contribution is 2.61. The van der Waals surface area contributed by atoms with E-state index in [1.807, 2.05) is 26.0 Å². The molecular formula is C12H12O3. The van der Waals surface area contributed by atoms with Crippen LogP contribution < -0.4 is 0 Å². The molecule has 3 heteroatoms. The van der Waals surface area contributed by atoms with Crippen molar-refractivity contribution in [1.29, 1.82) is 0 Å². The molecule has 2 bridgehead atoms. The van der Waals surface area contributed by atoms with Gasteiger partial charge in [0.15, 0.2) is 11.2 Å². The molecule has 15 heavy (non-hydrogen) atoms. The third-order valence-corrected chi connectivity index (χ3v) is 3.96. The third-order valence-electron chi connectivity index (χ3n) is 3.96. The van der Waals surface area contributed by atoms with E-state index in [9.17, 15) is 0 Å². The first-order chi connectivity index (χ1) is 7.16. The molecule has 0 saturated carbocycles. The molecule has 3 aliphatic heterocycles. The van der Waals surface area contributed by atoms with Gasteiger partial charge in [-0.2, -0.15) is 0 Å². The summed E-state index contributed by atoms with van der Waals surface area (Å²) in [5, 5.41) is 0. The summed E-state index contributed by atoms with van der Waals surface area (Å²) in [5.41, 5.74) is 1.58. The van der Waals surface area contributed by atoms with E-state index < -0.39 is 11.2 Å². The van der Waals surface area contributed by atoms with Gasteiger partial charge in [-0.3, -0.25) is 0 Å². The Labute approximate surface area is 87.9 Å². The van der Waals surface area contributed by atoms with Gasteiger partial charge in [-0.25, -0.2) is 9.78 Å². The summed E-state index contributed by atoms with van der Waals surface area (Å²) in [6.07, 6.45) is 0.317. The Morgan fingerprint density at radius 1 is 0.933 bits per heavy atom. The molecule has 0 aromatic heterocycles. The fourth-order valence-electron chi connectivity index (χ4n) is 2.96. The Balaban J connectivity index is 2.07. The number of rotatable bonds is 0. The monoisotopic (exact) mass is 204 g/mol. The van der Waals surface area contributed by atoms with Gasteiger partial charge in [0.05, 0.1) is 0 Å². The first kappa shape index (κ1) is 8.28. The lowest BCUT2D eigenvalue weighted by Gasteiger charge is -2.46. The zero-order valence-electron chi connectivity index (χ0n) is 8.69. The number of benzene rings is 1. The van der Waals surface area contributed by atoms with Gasteiger partial charge in [-0.1, -0.05) is 24.3 Å². The molecule has 5 rings (SSSR count). The third kappa shape index (κ3) is 0.728. The van der Waals surface area contributed by atoms with Gasteiger partial charge in [0, 0.05) is 0 Å². The second-order valence-electron chi connectivity index (χ2n) is 4.90. The SMILES string of the molecule is C[C@]12OO[C@@](C)(c3ccccc31)[C@H]1O[C@@H]12. The zero-order valence-corrected chi connectivity index (χ0v) is 8.69. The predicted octanol–water partition coefficient (Wildman–Crippen LogP) is 1.86.